The van der Waals surface area contributed by atoms with Gasteiger partial charge in [0, 0.05) is 0 Å². The van der Waals surface area contributed by atoms with Gasteiger partial charge in [-0.25, -0.2) is 9.97 Å². The zero-order chi connectivity index (χ0) is 20.1. The van der Waals surface area contributed by atoms with Gasteiger partial charge < -0.3 is 9.47 Å². The zero-order valence-corrected chi connectivity index (χ0v) is 18.8. The Bertz CT molecular complexity index is 1260. The van der Waals surface area contributed by atoms with Gasteiger partial charge in [0.15, 0.2) is 0 Å². The molecule has 3 aromatic heterocycles. The summed E-state index contributed by atoms with van der Waals surface area (Å²) in [6, 6.07) is 12.6. The quantitative estimate of drug-likeness (QED) is 0.305. The van der Waals surface area contributed by atoms with Crippen molar-refractivity contribution in [1.29, 1.82) is 0 Å². The van der Waals surface area contributed by atoms with Gasteiger partial charge in [0.05, 0.1) is 44.4 Å². The second-order valence-electron chi connectivity index (χ2n) is 6.78. The minimum absolute atomic E-state index is 0.903. The van der Waals surface area contributed by atoms with Crippen LogP contribution in [0.4, 0.5) is 0 Å². The van der Waals surface area contributed by atoms with E-state index in [0.717, 1.165) is 62.8 Å². The number of aromatic nitrogens is 2. The number of nitrogens with zero attached hydrogens (tertiary/aromatic N) is 2. The van der Waals surface area contributed by atoms with Crippen molar-refractivity contribution in [2.45, 2.75) is 13.8 Å². The predicted octanol–water partition coefficient (Wildman–Crippen LogP) is 6.94. The number of aryl methyl sites for hydroxylation is 2. The molecule has 0 unspecified atom stereocenters. The summed E-state index contributed by atoms with van der Waals surface area (Å²) in [6.07, 6.45) is 0. The Morgan fingerprint density at radius 1 is 0.655 bits per heavy atom. The Morgan fingerprint density at radius 2 is 1.10 bits per heavy atom. The molecule has 0 amide bonds. The van der Waals surface area contributed by atoms with Crippen LogP contribution in [-0.4, -0.2) is 24.2 Å². The van der Waals surface area contributed by atoms with Crippen LogP contribution in [0.15, 0.2) is 36.4 Å². The summed E-state index contributed by atoms with van der Waals surface area (Å²) in [4.78, 5) is 12.0. The molecule has 4 nitrogen and oxygen atoms in total. The van der Waals surface area contributed by atoms with Crippen molar-refractivity contribution in [3.05, 3.63) is 47.5 Å². The van der Waals surface area contributed by atoms with Crippen molar-refractivity contribution >= 4 is 54.4 Å². The van der Waals surface area contributed by atoms with Crippen LogP contribution >= 0.6 is 34.0 Å². The molecule has 0 aliphatic heterocycles. The number of thiophene rings is 1. The maximum Gasteiger partial charge on any atom is 0.134 e. The number of thiazole rings is 2. The lowest BCUT2D eigenvalue weighted by Crippen LogP contribution is -1.85. The molecule has 0 bridgehead atoms. The maximum absolute atomic E-state index is 5.45. The van der Waals surface area contributed by atoms with Crippen molar-refractivity contribution in [1.82, 2.24) is 9.97 Å². The van der Waals surface area contributed by atoms with Gasteiger partial charge in [-0.2, -0.15) is 0 Å². The third-order valence-electron chi connectivity index (χ3n) is 4.84. The fraction of sp³-hybridized carbons (Fsp3) is 0.182. The summed E-state index contributed by atoms with van der Waals surface area (Å²) in [5, 5.41) is 2.06. The number of methoxy groups -OCH3 is 2. The molecular formula is C22H18N2O2S3. The summed E-state index contributed by atoms with van der Waals surface area (Å²) in [7, 11) is 3.41. The van der Waals surface area contributed by atoms with Crippen LogP contribution in [0.2, 0.25) is 0 Å². The molecule has 0 atom stereocenters. The minimum atomic E-state index is 0.903. The first kappa shape index (κ1) is 18.5. The fourth-order valence-electron chi connectivity index (χ4n) is 3.34. The number of fused-ring (bicyclic) bond motifs is 2. The highest BCUT2D eigenvalue weighted by molar-refractivity contribution is 7.29. The van der Waals surface area contributed by atoms with Crippen LogP contribution in [0, 0.1) is 13.8 Å². The monoisotopic (exact) mass is 438 g/mol. The third-order valence-corrected chi connectivity index (χ3v) is 8.30. The molecule has 0 N–H and O–H groups in total. The Morgan fingerprint density at radius 3 is 1.52 bits per heavy atom. The van der Waals surface area contributed by atoms with Gasteiger partial charge >= 0.3 is 0 Å². The second kappa shape index (κ2) is 7.09. The average molecular weight is 439 g/mol. The smallest absolute Gasteiger partial charge is 0.134 e. The molecule has 5 aromatic rings. The molecular weight excluding hydrogens is 420 g/mol. The lowest BCUT2D eigenvalue weighted by molar-refractivity contribution is 0.412. The van der Waals surface area contributed by atoms with E-state index in [-0.39, 0.29) is 0 Å². The summed E-state index contributed by atoms with van der Waals surface area (Å²) in [6.45, 7) is 4.09. The molecule has 3 heterocycles. The Kier molecular flexibility index (Phi) is 4.53. The van der Waals surface area contributed by atoms with Crippen LogP contribution in [-0.2, 0) is 0 Å². The van der Waals surface area contributed by atoms with Gasteiger partial charge in [-0.1, -0.05) is 0 Å². The first-order valence-electron chi connectivity index (χ1n) is 9.06. The number of hydrogen-bond donors (Lipinski definition) is 0. The van der Waals surface area contributed by atoms with E-state index in [1.807, 2.05) is 13.8 Å². The van der Waals surface area contributed by atoms with E-state index in [0.29, 0.717) is 0 Å². The minimum Gasteiger partial charge on any atom is -0.496 e. The molecule has 29 heavy (non-hydrogen) atoms. The largest absolute Gasteiger partial charge is 0.496 e. The van der Waals surface area contributed by atoms with E-state index < -0.39 is 0 Å². The Hall–Kier alpha value is -2.48. The van der Waals surface area contributed by atoms with E-state index in [1.165, 1.54) is 0 Å². The van der Waals surface area contributed by atoms with E-state index in [1.54, 1.807) is 48.2 Å². The molecule has 7 heteroatoms. The lowest BCUT2D eigenvalue weighted by atomic mass is 10.2. The molecule has 146 valence electrons. The summed E-state index contributed by atoms with van der Waals surface area (Å²) in [5.41, 5.74) is 4.23. The van der Waals surface area contributed by atoms with Crippen LogP contribution in [0.25, 0.3) is 40.2 Å². The van der Waals surface area contributed by atoms with Crippen LogP contribution in [0.1, 0.15) is 11.1 Å². The van der Waals surface area contributed by atoms with Crippen molar-refractivity contribution in [2.75, 3.05) is 14.2 Å². The maximum atomic E-state index is 5.45. The SMILES string of the molecule is COc1cc2sc(-c3ccc(-c4nc5cc(C)c(OC)cc5s4)s3)nc2cc1C. The topological polar surface area (TPSA) is 44.2 Å². The first-order chi connectivity index (χ1) is 14.1. The van der Waals surface area contributed by atoms with Gasteiger partial charge in [0.25, 0.3) is 0 Å². The van der Waals surface area contributed by atoms with Gasteiger partial charge in [-0.05, 0) is 61.4 Å². The van der Waals surface area contributed by atoms with Crippen molar-refractivity contribution in [2.24, 2.45) is 0 Å². The second-order valence-corrected chi connectivity index (χ2v) is 9.93. The number of hydrogen-bond acceptors (Lipinski definition) is 7. The van der Waals surface area contributed by atoms with Gasteiger partial charge in [-0.3, -0.25) is 0 Å². The molecule has 0 spiro atoms. The average Bonchev–Trinajstić information content (AvgIpc) is 3.43. The normalized spacial score (nSPS) is 11.4. The fourth-order valence-corrected chi connectivity index (χ4v) is 6.40. The lowest BCUT2D eigenvalue weighted by Gasteiger charge is -2.02. The highest BCUT2D eigenvalue weighted by Gasteiger charge is 2.15. The molecule has 0 radical (unpaired) electrons. The molecule has 0 saturated carbocycles. The van der Waals surface area contributed by atoms with Crippen LogP contribution < -0.4 is 9.47 Å². The summed E-state index contributed by atoms with van der Waals surface area (Å²) < 4.78 is 13.2. The number of rotatable bonds is 4. The van der Waals surface area contributed by atoms with Crippen LogP contribution in [0.5, 0.6) is 11.5 Å². The van der Waals surface area contributed by atoms with Gasteiger partial charge in [-0.15, -0.1) is 34.0 Å². The molecule has 0 aliphatic rings. The molecule has 0 saturated heterocycles. The summed E-state index contributed by atoms with van der Waals surface area (Å²) in [5.74, 6) is 1.81. The standard InChI is InChI=1S/C22H18N2O2S3/c1-11-7-13-19(9-15(11)25-3)28-21(23-13)17-5-6-18(27-17)22-24-14-8-12(2)16(26-4)10-20(14)29-22/h5-10H,1-4H3. The third kappa shape index (κ3) is 3.19. The number of ether oxygens (including phenoxy) is 2. The Balaban J connectivity index is 1.53. The first-order valence-corrected chi connectivity index (χ1v) is 11.5. The molecule has 0 fully saturated rings. The van der Waals surface area contributed by atoms with Crippen molar-refractivity contribution < 1.29 is 9.47 Å². The molecule has 0 aliphatic carbocycles. The summed E-state index contributed by atoms with van der Waals surface area (Å²) >= 11 is 5.12. The highest BCUT2D eigenvalue weighted by Crippen LogP contribution is 2.41. The van der Waals surface area contributed by atoms with E-state index >= 15 is 0 Å². The van der Waals surface area contributed by atoms with Crippen molar-refractivity contribution in [3.8, 4) is 31.3 Å². The predicted molar refractivity (Wildman–Crippen MR) is 124 cm³/mol. The molecule has 2 aromatic carbocycles. The van der Waals surface area contributed by atoms with Gasteiger partial charge in [0.2, 0.25) is 0 Å². The molecule has 5 rings (SSSR count). The van der Waals surface area contributed by atoms with Crippen molar-refractivity contribution in [3.63, 3.8) is 0 Å². The highest BCUT2D eigenvalue weighted by atomic mass is 32.1. The number of benzene rings is 2. The van der Waals surface area contributed by atoms with E-state index in [4.69, 9.17) is 19.4 Å². The van der Waals surface area contributed by atoms with E-state index in [9.17, 15) is 0 Å². The van der Waals surface area contributed by atoms with Crippen LogP contribution in [0.3, 0.4) is 0 Å². The van der Waals surface area contributed by atoms with E-state index in [2.05, 4.69) is 36.4 Å². The Labute approximate surface area is 180 Å². The zero-order valence-electron chi connectivity index (χ0n) is 16.4. The van der Waals surface area contributed by atoms with Gasteiger partial charge in [0.1, 0.15) is 21.5 Å².